The van der Waals surface area contributed by atoms with Gasteiger partial charge in [0.1, 0.15) is 6.61 Å². The van der Waals surface area contributed by atoms with E-state index in [4.69, 9.17) is 9.47 Å². The van der Waals surface area contributed by atoms with E-state index in [1.807, 2.05) is 39.0 Å². The Balaban J connectivity index is 2.27. The van der Waals surface area contributed by atoms with Gasteiger partial charge >= 0.3 is 0 Å². The van der Waals surface area contributed by atoms with E-state index in [0.717, 1.165) is 63.9 Å². The van der Waals surface area contributed by atoms with Crippen molar-refractivity contribution in [3.8, 4) is 0 Å². The number of anilines is 1. The second-order valence-corrected chi connectivity index (χ2v) is 9.98. The largest absolute Gasteiger partial charge is 0.496 e. The molecule has 0 saturated carbocycles. The van der Waals surface area contributed by atoms with Crippen molar-refractivity contribution in [1.82, 2.24) is 15.5 Å². The second-order valence-electron chi connectivity index (χ2n) is 8.70. The molecule has 0 saturated heterocycles. The van der Waals surface area contributed by atoms with Crippen molar-refractivity contribution >= 4 is 23.5 Å². The van der Waals surface area contributed by atoms with E-state index in [1.165, 1.54) is 11.8 Å². The van der Waals surface area contributed by atoms with E-state index in [2.05, 4.69) is 47.1 Å². The van der Waals surface area contributed by atoms with Crippen molar-refractivity contribution in [2.45, 2.75) is 59.3 Å². The number of unbranched alkanes of at least 4 members (excludes halogenated alkanes) is 1. The Morgan fingerprint density at radius 2 is 1.84 bits per heavy atom. The van der Waals surface area contributed by atoms with Crippen LogP contribution in [-0.2, 0) is 20.7 Å². The van der Waals surface area contributed by atoms with Crippen molar-refractivity contribution in [3.05, 3.63) is 88.8 Å². The van der Waals surface area contributed by atoms with Gasteiger partial charge in [0.05, 0.1) is 23.1 Å². The Morgan fingerprint density at radius 3 is 2.49 bits per heavy atom. The molecule has 7 nitrogen and oxygen atoms in total. The van der Waals surface area contributed by atoms with Crippen LogP contribution in [0.15, 0.2) is 83.1 Å². The molecule has 1 rings (SSSR count). The summed E-state index contributed by atoms with van der Waals surface area (Å²) in [5.41, 5.74) is 3.62. The van der Waals surface area contributed by atoms with Crippen LogP contribution < -0.4 is 10.6 Å². The van der Waals surface area contributed by atoms with Gasteiger partial charge in [-0.25, -0.2) is 0 Å². The van der Waals surface area contributed by atoms with Gasteiger partial charge in [-0.2, -0.15) is 5.10 Å². The minimum absolute atomic E-state index is 0.0893. The number of carbonyl (C=O) groups is 1. The number of carbonyl (C=O) groups excluding carboxylic acids is 1. The number of allylic oxidation sites excluding steroid dienone is 5. The zero-order valence-corrected chi connectivity index (χ0v) is 23.6. The molecule has 0 bridgehead atoms. The van der Waals surface area contributed by atoms with Crippen molar-refractivity contribution in [2.75, 3.05) is 25.6 Å². The van der Waals surface area contributed by atoms with Gasteiger partial charge in [-0.05, 0) is 75.1 Å². The molecule has 0 fully saturated rings. The fraction of sp³-hybridized carbons (Fsp3) is 0.414. The highest BCUT2D eigenvalue weighted by molar-refractivity contribution is 8.06. The summed E-state index contributed by atoms with van der Waals surface area (Å²) in [6, 6.07) is 3.70. The molecule has 0 spiro atoms. The molecule has 37 heavy (non-hydrogen) atoms. The Bertz CT molecular complexity index is 997. The monoisotopic (exact) mass is 526 g/mol. The van der Waals surface area contributed by atoms with Crippen molar-refractivity contribution < 1.29 is 14.3 Å². The highest BCUT2D eigenvalue weighted by Crippen LogP contribution is 2.26. The molecular weight excluding hydrogens is 484 g/mol. The number of hydrogen-bond donors (Lipinski definition) is 2. The van der Waals surface area contributed by atoms with E-state index >= 15 is 0 Å². The number of thioether (sulfide) groups is 1. The van der Waals surface area contributed by atoms with Crippen LogP contribution in [0.25, 0.3) is 0 Å². The fourth-order valence-corrected chi connectivity index (χ4v) is 3.95. The molecule has 2 N–H and O–H groups in total. The fourth-order valence-electron chi connectivity index (χ4n) is 3.16. The Hall–Kier alpha value is -3.10. The average molecular weight is 527 g/mol. The second kappa shape index (κ2) is 18.2. The third kappa shape index (κ3) is 15.6. The Labute approximate surface area is 226 Å². The summed E-state index contributed by atoms with van der Waals surface area (Å²) in [6.07, 6.45) is 8.40. The van der Waals surface area contributed by atoms with Crippen LogP contribution in [0.1, 0.15) is 58.6 Å². The molecule has 1 aromatic heterocycles. The van der Waals surface area contributed by atoms with Crippen LogP contribution in [0.5, 0.6) is 0 Å². The summed E-state index contributed by atoms with van der Waals surface area (Å²) < 4.78 is 10.5. The number of amides is 1. The lowest BCUT2D eigenvalue weighted by molar-refractivity contribution is -0.115. The first-order chi connectivity index (χ1) is 17.6. The van der Waals surface area contributed by atoms with Crippen molar-refractivity contribution in [3.63, 3.8) is 0 Å². The lowest BCUT2D eigenvalue weighted by atomic mass is 10.1. The molecule has 1 aromatic rings. The number of aromatic nitrogens is 2. The predicted molar refractivity (Wildman–Crippen MR) is 156 cm³/mol. The summed E-state index contributed by atoms with van der Waals surface area (Å²) in [7, 11) is 1.64. The molecule has 0 aromatic carbocycles. The van der Waals surface area contributed by atoms with Crippen LogP contribution in [0.2, 0.25) is 0 Å². The first-order valence-electron chi connectivity index (χ1n) is 12.3. The smallest absolute Gasteiger partial charge is 0.229 e. The van der Waals surface area contributed by atoms with Crippen LogP contribution >= 0.6 is 11.8 Å². The number of aryl methyl sites for hydroxylation is 1. The predicted octanol–water partition coefficient (Wildman–Crippen LogP) is 6.82. The number of methoxy groups -OCH3 is 1. The minimum atomic E-state index is -0.0893. The average Bonchev–Trinajstić information content (AvgIpc) is 2.82. The standard InChI is InChI=1S/C29H42N4O3S/c1-9-21(2)20-29(34)31-28-15-14-27(32-33-28)13-11-10-12-25(6)37-26(7)30-23(4)18-22(3)19-24(5)36-17-16-35-8/h9,14-15,19,30H,3-4,6-7,10-13,16-18,20H2,1-2,5,8H3,(H,31,33,34)/b21-9+,24-19+. The summed E-state index contributed by atoms with van der Waals surface area (Å²) in [6.45, 7) is 23.1. The Kier molecular flexibility index (Phi) is 15.7. The van der Waals surface area contributed by atoms with E-state index in [0.29, 0.717) is 31.9 Å². The maximum absolute atomic E-state index is 11.9. The van der Waals surface area contributed by atoms with Gasteiger partial charge in [-0.1, -0.05) is 49.7 Å². The van der Waals surface area contributed by atoms with E-state index < -0.39 is 0 Å². The number of ether oxygens (including phenoxy) is 2. The first-order valence-corrected chi connectivity index (χ1v) is 13.2. The van der Waals surface area contributed by atoms with Crippen molar-refractivity contribution in [2.24, 2.45) is 0 Å². The molecule has 0 atom stereocenters. The van der Waals surface area contributed by atoms with Crippen LogP contribution in [-0.4, -0.2) is 36.4 Å². The minimum Gasteiger partial charge on any atom is -0.496 e. The molecule has 202 valence electrons. The van der Waals surface area contributed by atoms with Gasteiger partial charge in [-0.3, -0.25) is 4.79 Å². The molecule has 0 aliphatic rings. The SMILES string of the molecule is C=C(/C=C(\C)OCCOC)CC(=C)NC(=C)SC(=C)CCCCc1ccc(NC(=O)C/C(C)=C/C)nn1. The molecule has 0 unspecified atom stereocenters. The summed E-state index contributed by atoms with van der Waals surface area (Å²) in [5, 5.41) is 15.1. The third-order valence-electron chi connectivity index (χ3n) is 5.11. The topological polar surface area (TPSA) is 85.4 Å². The molecule has 1 heterocycles. The first kappa shape index (κ1) is 31.9. The summed E-state index contributed by atoms with van der Waals surface area (Å²) in [4.78, 5) is 13.0. The highest BCUT2D eigenvalue weighted by atomic mass is 32.2. The lowest BCUT2D eigenvalue weighted by Crippen LogP contribution is -2.13. The molecule has 8 heteroatoms. The van der Waals surface area contributed by atoms with E-state index in [9.17, 15) is 4.79 Å². The summed E-state index contributed by atoms with van der Waals surface area (Å²) >= 11 is 1.53. The molecule has 0 aliphatic carbocycles. The third-order valence-corrected chi connectivity index (χ3v) is 5.95. The Morgan fingerprint density at radius 1 is 1.08 bits per heavy atom. The highest BCUT2D eigenvalue weighted by Gasteiger charge is 2.06. The molecule has 0 radical (unpaired) electrons. The van der Waals surface area contributed by atoms with Crippen LogP contribution in [0, 0.1) is 0 Å². The van der Waals surface area contributed by atoms with Crippen LogP contribution in [0.4, 0.5) is 5.82 Å². The summed E-state index contributed by atoms with van der Waals surface area (Å²) in [5.74, 6) is 1.17. The van der Waals surface area contributed by atoms with Gasteiger partial charge in [0, 0.05) is 25.6 Å². The van der Waals surface area contributed by atoms with Gasteiger partial charge in [0.15, 0.2) is 5.82 Å². The maximum atomic E-state index is 11.9. The molecule has 1 amide bonds. The number of nitrogens with one attached hydrogen (secondary N) is 2. The normalized spacial score (nSPS) is 11.6. The van der Waals surface area contributed by atoms with Crippen LogP contribution in [0.3, 0.4) is 0 Å². The van der Waals surface area contributed by atoms with E-state index in [-0.39, 0.29) is 5.91 Å². The number of nitrogens with zero attached hydrogens (tertiary/aromatic N) is 2. The van der Waals surface area contributed by atoms with Crippen molar-refractivity contribution in [1.29, 1.82) is 0 Å². The molecular formula is C29H42N4O3S. The zero-order chi connectivity index (χ0) is 27.6. The number of hydrogen-bond acceptors (Lipinski definition) is 7. The van der Waals surface area contributed by atoms with Gasteiger partial charge in [0.2, 0.25) is 5.91 Å². The van der Waals surface area contributed by atoms with Gasteiger partial charge in [-0.15, -0.1) is 5.10 Å². The lowest BCUT2D eigenvalue weighted by Gasteiger charge is -2.13. The maximum Gasteiger partial charge on any atom is 0.229 e. The van der Waals surface area contributed by atoms with Gasteiger partial charge < -0.3 is 20.1 Å². The number of rotatable bonds is 19. The van der Waals surface area contributed by atoms with E-state index in [1.54, 1.807) is 13.2 Å². The molecule has 0 aliphatic heterocycles. The quantitative estimate of drug-likeness (QED) is 0.0885. The zero-order valence-electron chi connectivity index (χ0n) is 22.8. The van der Waals surface area contributed by atoms with Gasteiger partial charge in [0.25, 0.3) is 0 Å².